The van der Waals surface area contributed by atoms with Gasteiger partial charge in [-0.1, -0.05) is 233 Å². The Bertz CT molecular complexity index is 4620. The van der Waals surface area contributed by atoms with Gasteiger partial charge in [0, 0.05) is 44.0 Å². The molecule has 6 heteroatoms. The van der Waals surface area contributed by atoms with Crippen LogP contribution in [-0.4, -0.2) is 26.4 Å². The summed E-state index contributed by atoms with van der Waals surface area (Å²) in [4.78, 5) is 0. The molecule has 0 heterocycles. The third-order valence-corrected chi connectivity index (χ3v) is 19.5. The lowest BCUT2D eigenvalue weighted by Crippen LogP contribution is -2.06. The predicted octanol–water partition coefficient (Wildman–Crippen LogP) is 26.9. The van der Waals surface area contributed by atoms with E-state index < -0.39 is 0 Å². The summed E-state index contributed by atoms with van der Waals surface area (Å²) in [5, 5.41) is 17.4. The highest BCUT2D eigenvalue weighted by Gasteiger charge is 2.26. The van der Waals surface area contributed by atoms with Gasteiger partial charge >= 0.3 is 0 Å². The number of rotatable bonds is 28. The van der Waals surface area contributed by atoms with Crippen LogP contribution in [-0.2, 0) is 0 Å². The van der Waals surface area contributed by atoms with Crippen molar-refractivity contribution in [1.29, 1.82) is 0 Å². The minimum absolute atomic E-state index is 0.575. The Hall–Kier alpha value is -10.8. The van der Waals surface area contributed by atoms with E-state index in [4.69, 9.17) is 18.9 Å². The number of nitrogens with one attached hydrogen (secondary N) is 2. The zero-order valence-corrected chi connectivity index (χ0v) is 61.2. The van der Waals surface area contributed by atoms with Gasteiger partial charge in [0.25, 0.3) is 0 Å². The van der Waals surface area contributed by atoms with Gasteiger partial charge in [0.05, 0.1) is 48.9 Å². The van der Waals surface area contributed by atoms with E-state index in [1.807, 2.05) is 0 Å². The molecule has 2 N–H and O–H groups in total. The van der Waals surface area contributed by atoms with Gasteiger partial charge in [-0.3, -0.25) is 0 Å². The van der Waals surface area contributed by atoms with Crippen LogP contribution < -0.4 is 29.6 Å². The van der Waals surface area contributed by atoms with Crippen molar-refractivity contribution >= 4 is 89.1 Å². The molecule has 13 rings (SSSR count). The SMILES string of the molecule is CCCCOc1cc(C)cc(OCCCC)c1-c1cc(C=C(c2ccc(C)cc2)c2ccc(C)cc2)ccc1Nc1c2cc3ccccc3cc2c(Nc2ccc(C=C(c3ccc(C)cc3)c3ccc(C)cc3)cc2-c2c(OCCCC)cc(C)cc2OCCCC)c2cc3ccccc3cc12. The number of benzene rings is 13. The first kappa shape index (κ1) is 69.7. The molecule has 13 aromatic carbocycles. The van der Waals surface area contributed by atoms with E-state index in [-0.39, 0.29) is 0 Å². The van der Waals surface area contributed by atoms with Crippen molar-refractivity contribution in [3.05, 3.63) is 297 Å². The van der Waals surface area contributed by atoms with E-state index in [1.54, 1.807) is 0 Å². The highest BCUT2D eigenvalue weighted by atomic mass is 16.5. The van der Waals surface area contributed by atoms with Gasteiger partial charge < -0.3 is 29.6 Å². The number of aryl methyl sites for hydroxylation is 6. The van der Waals surface area contributed by atoms with Gasteiger partial charge in [0.2, 0.25) is 0 Å². The van der Waals surface area contributed by atoms with Crippen LogP contribution in [0, 0.1) is 41.5 Å². The van der Waals surface area contributed by atoms with E-state index in [0.717, 1.165) is 218 Å². The Kier molecular flexibility index (Phi) is 22.0. The smallest absolute Gasteiger partial charge is 0.131 e. The molecule has 0 aromatic heterocycles. The molecule has 102 heavy (non-hydrogen) atoms. The van der Waals surface area contributed by atoms with Crippen LogP contribution in [0.1, 0.15) is 146 Å². The van der Waals surface area contributed by atoms with Crippen LogP contribution in [0.25, 0.3) is 88.6 Å². The van der Waals surface area contributed by atoms with E-state index in [9.17, 15) is 0 Å². The maximum atomic E-state index is 6.99. The first-order valence-electron chi connectivity index (χ1n) is 37.0. The van der Waals surface area contributed by atoms with Gasteiger partial charge in [0.1, 0.15) is 23.0 Å². The second-order valence-corrected chi connectivity index (χ2v) is 27.8. The fourth-order valence-electron chi connectivity index (χ4n) is 13.7. The van der Waals surface area contributed by atoms with Crippen LogP contribution in [0.4, 0.5) is 22.7 Å². The molecule has 0 fully saturated rings. The number of anilines is 4. The molecule has 0 bridgehead atoms. The summed E-state index contributed by atoms with van der Waals surface area (Å²) in [5.41, 5.74) is 23.5. The van der Waals surface area contributed by atoms with Gasteiger partial charge in [-0.05, 0) is 229 Å². The zero-order chi connectivity index (χ0) is 70.6. The van der Waals surface area contributed by atoms with Crippen molar-refractivity contribution in [3.63, 3.8) is 0 Å². The molecular formula is C96H96N2O4. The highest BCUT2D eigenvalue weighted by molar-refractivity contribution is 6.26. The molecule has 0 unspecified atom stereocenters. The number of hydrogen-bond acceptors (Lipinski definition) is 6. The van der Waals surface area contributed by atoms with Crippen LogP contribution in [0.3, 0.4) is 0 Å². The molecular weight excluding hydrogens is 1250 g/mol. The Morgan fingerprint density at radius 3 is 0.814 bits per heavy atom. The largest absolute Gasteiger partial charge is 0.493 e. The molecule has 0 aliphatic rings. The Balaban J connectivity index is 1.08. The third kappa shape index (κ3) is 15.8. The molecule has 0 atom stereocenters. The number of hydrogen-bond donors (Lipinski definition) is 2. The van der Waals surface area contributed by atoms with Crippen LogP contribution in [0.5, 0.6) is 23.0 Å². The maximum absolute atomic E-state index is 6.99. The van der Waals surface area contributed by atoms with E-state index in [1.165, 1.54) is 22.3 Å². The summed E-state index contributed by atoms with van der Waals surface area (Å²) in [7, 11) is 0. The standard InChI is InChI=1S/C96H96N2O4/c1-11-15-47-99-89-51-67(9)52-90(100-48-16-12-2)93(89)85-57-69(55-79(71-37-27-63(5)28-38-71)72-39-29-64(6)30-40-72)35-45-87(85)97-95-81-59-75-23-19-21-25-77(75)61-83(81)96(84-62-78-26-22-20-24-76(78)60-82(84)95)98-88-46-36-70(56-80(73-41-31-65(7)32-42-73)74-43-33-66(8)34-44-74)58-86(88)94-91(101-49-17-13-3)53-68(10)54-92(94)102-50-18-14-4/h19-46,51-62,97-98H,11-18,47-50H2,1-10H3. The molecule has 0 aliphatic carbocycles. The minimum atomic E-state index is 0.575. The number of ether oxygens (including phenoxy) is 4. The molecule has 6 nitrogen and oxygen atoms in total. The summed E-state index contributed by atoms with van der Waals surface area (Å²) in [6, 6.07) is 85.2. The lowest BCUT2D eigenvalue weighted by atomic mass is 9.91. The summed E-state index contributed by atoms with van der Waals surface area (Å²) < 4.78 is 28.0. The fourth-order valence-corrected chi connectivity index (χ4v) is 13.7. The molecule has 0 saturated carbocycles. The first-order chi connectivity index (χ1) is 49.8. The molecule has 0 aliphatic heterocycles. The Morgan fingerprint density at radius 1 is 0.294 bits per heavy atom. The van der Waals surface area contributed by atoms with Gasteiger partial charge in [0.15, 0.2) is 0 Å². The average molecular weight is 1340 g/mol. The maximum Gasteiger partial charge on any atom is 0.131 e. The Labute approximate surface area is 604 Å². The van der Waals surface area contributed by atoms with Gasteiger partial charge in [-0.2, -0.15) is 0 Å². The molecule has 514 valence electrons. The third-order valence-electron chi connectivity index (χ3n) is 19.5. The molecule has 0 amide bonds. The molecule has 0 radical (unpaired) electrons. The van der Waals surface area contributed by atoms with Crippen molar-refractivity contribution in [2.45, 2.75) is 121 Å². The number of fused-ring (bicyclic) bond motifs is 4. The average Bonchev–Trinajstić information content (AvgIpc) is 0.726. The lowest BCUT2D eigenvalue weighted by Gasteiger charge is -2.25. The van der Waals surface area contributed by atoms with Crippen molar-refractivity contribution in [1.82, 2.24) is 0 Å². The van der Waals surface area contributed by atoms with Crippen molar-refractivity contribution in [2.75, 3.05) is 37.1 Å². The summed E-state index contributed by atoms with van der Waals surface area (Å²) in [6.07, 6.45) is 12.4. The van der Waals surface area contributed by atoms with Gasteiger partial charge in [-0.25, -0.2) is 0 Å². The van der Waals surface area contributed by atoms with E-state index >= 15 is 0 Å². The predicted molar refractivity (Wildman–Crippen MR) is 437 cm³/mol. The topological polar surface area (TPSA) is 61.0 Å². The summed E-state index contributed by atoms with van der Waals surface area (Å²) in [6.45, 7) is 24.0. The van der Waals surface area contributed by atoms with Crippen molar-refractivity contribution < 1.29 is 18.9 Å². The second-order valence-electron chi connectivity index (χ2n) is 27.8. The quantitative estimate of drug-likeness (QED) is 0.0221. The first-order valence-corrected chi connectivity index (χ1v) is 37.0. The molecule has 0 saturated heterocycles. The Morgan fingerprint density at radius 2 is 0.559 bits per heavy atom. The normalized spacial score (nSPS) is 11.3. The minimum Gasteiger partial charge on any atom is -0.493 e. The lowest BCUT2D eigenvalue weighted by molar-refractivity contribution is 0.296. The highest BCUT2D eigenvalue weighted by Crippen LogP contribution is 2.52. The zero-order valence-electron chi connectivity index (χ0n) is 61.2. The monoisotopic (exact) mass is 1340 g/mol. The van der Waals surface area contributed by atoms with E-state index in [2.05, 4.69) is 323 Å². The molecule has 0 spiro atoms. The van der Waals surface area contributed by atoms with Crippen LogP contribution in [0.15, 0.2) is 231 Å². The number of unbranched alkanes of at least 4 members (excludes halogenated alkanes) is 4. The molecule has 13 aromatic rings. The second kappa shape index (κ2) is 32.2. The van der Waals surface area contributed by atoms with Crippen molar-refractivity contribution in [2.24, 2.45) is 0 Å². The summed E-state index contributed by atoms with van der Waals surface area (Å²) in [5.74, 6) is 3.20. The van der Waals surface area contributed by atoms with Crippen molar-refractivity contribution in [3.8, 4) is 45.3 Å². The van der Waals surface area contributed by atoms with Gasteiger partial charge in [-0.15, -0.1) is 0 Å². The van der Waals surface area contributed by atoms with E-state index in [0.29, 0.717) is 26.4 Å². The fraction of sp³-hybridized carbons (Fsp3) is 0.229. The van der Waals surface area contributed by atoms with Crippen LogP contribution in [0.2, 0.25) is 0 Å². The van der Waals surface area contributed by atoms with Crippen LogP contribution >= 0.6 is 0 Å². The summed E-state index contributed by atoms with van der Waals surface area (Å²) >= 11 is 0.